The number of rotatable bonds is 11. The average Bonchev–Trinajstić information content (AvgIpc) is 3.64. The van der Waals surface area contributed by atoms with E-state index in [1.54, 1.807) is 18.2 Å². The third kappa shape index (κ3) is 7.00. The van der Waals surface area contributed by atoms with Crippen molar-refractivity contribution in [1.29, 1.82) is 0 Å². The topological polar surface area (TPSA) is 175 Å². The standard InChI is InChI=1S/C26H28F3N5O7S3/c27-26(28,29)17-4-5-21(31-13-17)43(37,38)22-6-7-23(42-22)44(39,40)34-10-8-16(9-11-34)12-30-14-18(35)15-41-20-3-1-2-19-24(20)33-25(36)32-19/h1-7,13,16,18,30,35H,8-12,14-15H2,(H2,32,33,36)/t18-/m0/s1. The van der Waals surface area contributed by atoms with Gasteiger partial charge in [-0.1, -0.05) is 6.07 Å². The third-order valence-corrected chi connectivity index (χ3v) is 12.7. The number of alkyl halides is 3. The lowest BCUT2D eigenvalue weighted by molar-refractivity contribution is -0.137. The molecule has 18 heteroatoms. The number of H-pyrrole nitrogens is 2. The molecule has 0 unspecified atom stereocenters. The molecule has 1 aliphatic heterocycles. The number of ether oxygens (including phenoxy) is 1. The quantitative estimate of drug-likeness (QED) is 0.186. The summed E-state index contributed by atoms with van der Waals surface area (Å²) in [5, 5.41) is 12.9. The maximum atomic E-state index is 13.2. The fourth-order valence-electron chi connectivity index (χ4n) is 4.73. The van der Waals surface area contributed by atoms with Gasteiger partial charge in [-0.15, -0.1) is 11.3 Å². The minimum absolute atomic E-state index is 0.0105. The number of aliphatic hydroxyl groups is 1. The highest BCUT2D eigenvalue weighted by atomic mass is 32.3. The van der Waals surface area contributed by atoms with Gasteiger partial charge in [-0.3, -0.25) is 0 Å². The van der Waals surface area contributed by atoms with Gasteiger partial charge >= 0.3 is 11.9 Å². The zero-order valence-electron chi connectivity index (χ0n) is 22.9. The fraction of sp³-hybridized carbons (Fsp3) is 0.385. The van der Waals surface area contributed by atoms with Gasteiger partial charge in [0.25, 0.3) is 10.0 Å². The SMILES string of the molecule is O=c1[nH]c2cccc(OC[C@@H](O)CNCC3CCN(S(=O)(=O)c4ccc(S(=O)(=O)c5ccc(C(F)(F)F)cn5)s4)CC3)c2[nH]1. The summed E-state index contributed by atoms with van der Waals surface area (Å²) in [4.78, 5) is 20.2. The van der Waals surface area contributed by atoms with Crippen LogP contribution in [0, 0.1) is 5.92 Å². The molecule has 12 nitrogen and oxygen atoms in total. The Bertz CT molecular complexity index is 1880. The first-order valence-corrected chi connectivity index (χ1v) is 17.1. The van der Waals surface area contributed by atoms with Gasteiger partial charge in [0.05, 0.1) is 11.1 Å². The summed E-state index contributed by atoms with van der Waals surface area (Å²) in [6.45, 7) is 1.17. The number of nitrogens with zero attached hydrogens (tertiary/aromatic N) is 2. The molecule has 4 heterocycles. The third-order valence-electron chi connectivity index (χ3n) is 7.09. The number of halogens is 3. The van der Waals surface area contributed by atoms with Crippen LogP contribution >= 0.6 is 11.3 Å². The lowest BCUT2D eigenvalue weighted by Gasteiger charge is -2.31. The Morgan fingerprint density at radius 1 is 1.07 bits per heavy atom. The van der Waals surface area contributed by atoms with Crippen molar-refractivity contribution in [3.8, 4) is 5.75 Å². The normalized spacial score (nSPS) is 16.4. The monoisotopic (exact) mass is 675 g/mol. The number of para-hydroxylation sites is 1. The molecule has 4 N–H and O–H groups in total. The molecule has 3 aromatic heterocycles. The lowest BCUT2D eigenvalue weighted by Crippen LogP contribution is -2.41. The van der Waals surface area contributed by atoms with Gasteiger partial charge in [-0.05, 0) is 61.7 Å². The van der Waals surface area contributed by atoms with Gasteiger partial charge in [-0.25, -0.2) is 26.6 Å². The largest absolute Gasteiger partial charge is 0.489 e. The molecule has 0 spiro atoms. The number of imidazole rings is 1. The van der Waals surface area contributed by atoms with Crippen molar-refractivity contribution in [2.45, 2.75) is 38.6 Å². The van der Waals surface area contributed by atoms with Crippen LogP contribution in [0.1, 0.15) is 18.4 Å². The van der Waals surface area contributed by atoms with Gasteiger partial charge in [0.2, 0.25) is 9.84 Å². The van der Waals surface area contributed by atoms with Crippen molar-refractivity contribution in [3.05, 3.63) is 64.7 Å². The van der Waals surface area contributed by atoms with Gasteiger partial charge in [-0.2, -0.15) is 17.5 Å². The van der Waals surface area contributed by atoms with Crippen LogP contribution < -0.4 is 15.7 Å². The Kier molecular flexibility index (Phi) is 9.20. The smallest absolute Gasteiger partial charge is 0.417 e. The predicted octanol–water partition coefficient (Wildman–Crippen LogP) is 2.59. The zero-order valence-corrected chi connectivity index (χ0v) is 25.3. The van der Waals surface area contributed by atoms with E-state index in [2.05, 4.69) is 20.3 Å². The van der Waals surface area contributed by atoms with E-state index in [-0.39, 0.29) is 46.3 Å². The Hall–Kier alpha value is -3.29. The second-order valence-corrected chi connectivity index (χ2v) is 15.6. The molecule has 0 amide bonds. The Labute approximate surface area is 253 Å². The van der Waals surface area contributed by atoms with Crippen molar-refractivity contribution >= 4 is 42.2 Å². The van der Waals surface area contributed by atoms with Crippen LogP contribution in [0.2, 0.25) is 0 Å². The molecule has 1 aliphatic rings. The second-order valence-electron chi connectivity index (χ2n) is 10.2. The highest BCUT2D eigenvalue weighted by Crippen LogP contribution is 2.34. The first-order valence-electron chi connectivity index (χ1n) is 13.4. The van der Waals surface area contributed by atoms with Gasteiger partial charge < -0.3 is 25.1 Å². The summed E-state index contributed by atoms with van der Waals surface area (Å²) in [5.41, 5.74) is -0.361. The zero-order chi connectivity index (χ0) is 31.7. The van der Waals surface area contributed by atoms with Crippen LogP contribution in [0.25, 0.3) is 11.0 Å². The molecule has 1 fully saturated rings. The molecule has 5 rings (SSSR count). The van der Waals surface area contributed by atoms with E-state index < -0.39 is 42.7 Å². The van der Waals surface area contributed by atoms with E-state index in [1.807, 2.05) is 0 Å². The van der Waals surface area contributed by atoms with Gasteiger partial charge in [0.15, 0.2) is 5.03 Å². The molecule has 0 saturated carbocycles. The molecule has 0 radical (unpaired) electrons. The molecule has 4 aromatic rings. The lowest BCUT2D eigenvalue weighted by atomic mass is 9.98. The number of sulfone groups is 1. The number of piperidine rings is 1. The highest BCUT2D eigenvalue weighted by Gasteiger charge is 2.34. The molecular formula is C26H28F3N5O7S3. The number of aromatic nitrogens is 3. The van der Waals surface area contributed by atoms with Crippen LogP contribution in [0.3, 0.4) is 0 Å². The number of sulfonamides is 1. The summed E-state index contributed by atoms with van der Waals surface area (Å²) < 4.78 is 97.0. The van der Waals surface area contributed by atoms with Crippen molar-refractivity contribution in [1.82, 2.24) is 24.6 Å². The van der Waals surface area contributed by atoms with Crippen LogP contribution in [0.15, 0.2) is 66.9 Å². The molecule has 1 saturated heterocycles. The molecule has 0 bridgehead atoms. The van der Waals surface area contributed by atoms with Crippen LogP contribution in [0.4, 0.5) is 13.2 Å². The Morgan fingerprint density at radius 2 is 1.80 bits per heavy atom. The average molecular weight is 676 g/mol. The van der Waals surface area contributed by atoms with E-state index in [4.69, 9.17) is 4.74 Å². The van der Waals surface area contributed by atoms with E-state index in [9.17, 15) is 39.9 Å². The minimum Gasteiger partial charge on any atom is -0.489 e. The van der Waals surface area contributed by atoms with Crippen LogP contribution in [-0.2, 0) is 26.0 Å². The molecule has 1 atom stereocenters. The first kappa shape index (κ1) is 32.1. The molecule has 1 aromatic carbocycles. The number of aromatic amines is 2. The minimum atomic E-state index is -4.68. The number of thiophene rings is 1. The molecule has 44 heavy (non-hydrogen) atoms. The number of hydrogen-bond donors (Lipinski definition) is 4. The maximum absolute atomic E-state index is 13.2. The Balaban J connectivity index is 1.10. The highest BCUT2D eigenvalue weighted by molar-refractivity contribution is 7.95. The van der Waals surface area contributed by atoms with Crippen LogP contribution in [-0.4, -0.2) is 80.1 Å². The molecule has 238 valence electrons. The van der Waals surface area contributed by atoms with Crippen LogP contribution in [0.5, 0.6) is 5.75 Å². The number of hydrogen-bond acceptors (Lipinski definition) is 10. The summed E-state index contributed by atoms with van der Waals surface area (Å²) in [5.74, 6) is 0.568. The summed E-state index contributed by atoms with van der Waals surface area (Å²) >= 11 is 0.517. The number of fused-ring (bicyclic) bond motifs is 1. The summed E-state index contributed by atoms with van der Waals surface area (Å²) in [6, 6.07) is 8.75. The van der Waals surface area contributed by atoms with E-state index in [0.717, 1.165) is 12.1 Å². The number of aliphatic hydroxyl groups excluding tert-OH is 1. The number of nitrogens with one attached hydrogen (secondary N) is 3. The van der Waals surface area contributed by atoms with Crippen molar-refractivity contribution in [2.75, 3.05) is 32.8 Å². The summed E-state index contributed by atoms with van der Waals surface area (Å²) in [6.07, 6.45) is -4.02. The summed E-state index contributed by atoms with van der Waals surface area (Å²) in [7, 11) is -8.32. The first-order chi connectivity index (χ1) is 20.7. The fourth-order valence-corrected chi connectivity index (χ4v) is 9.41. The van der Waals surface area contributed by atoms with Crippen molar-refractivity contribution < 1.29 is 39.9 Å². The Morgan fingerprint density at radius 3 is 2.48 bits per heavy atom. The van der Waals surface area contributed by atoms with E-state index >= 15 is 0 Å². The number of benzene rings is 1. The van der Waals surface area contributed by atoms with Gasteiger partial charge in [0.1, 0.15) is 32.4 Å². The van der Waals surface area contributed by atoms with Gasteiger partial charge in [0, 0.05) is 25.8 Å². The maximum Gasteiger partial charge on any atom is 0.417 e. The van der Waals surface area contributed by atoms with E-state index in [1.165, 1.54) is 10.4 Å². The molecule has 0 aliphatic carbocycles. The molecular weight excluding hydrogens is 648 g/mol. The second kappa shape index (κ2) is 12.6. The predicted molar refractivity (Wildman–Crippen MR) is 154 cm³/mol. The number of pyridine rings is 1. The van der Waals surface area contributed by atoms with E-state index in [0.29, 0.717) is 59.8 Å². The van der Waals surface area contributed by atoms with Crippen molar-refractivity contribution in [3.63, 3.8) is 0 Å². The van der Waals surface area contributed by atoms with Crippen molar-refractivity contribution in [2.24, 2.45) is 5.92 Å².